The number of aliphatic hydroxyl groups is 1. The van der Waals surface area contributed by atoms with Crippen LogP contribution in [0.5, 0.6) is 5.75 Å². The fourth-order valence-electron chi connectivity index (χ4n) is 4.29. The van der Waals surface area contributed by atoms with Gasteiger partial charge in [-0.05, 0) is 47.0 Å². The molecule has 0 aliphatic carbocycles. The zero-order valence-corrected chi connectivity index (χ0v) is 20.9. The van der Waals surface area contributed by atoms with Gasteiger partial charge in [0.15, 0.2) is 0 Å². The van der Waals surface area contributed by atoms with Crippen LogP contribution in [-0.4, -0.2) is 28.8 Å². The molecular formula is C28H29NO4S. The SMILES string of the molecule is COc1ccccc1CN1C(=O)C(=O)/C(=C(/O)c2cc(C(C)(C)C)ccc2C)C1c1cccs1. The first-order valence-electron chi connectivity index (χ1n) is 11.2. The van der Waals surface area contributed by atoms with Crippen LogP contribution in [-0.2, 0) is 21.5 Å². The van der Waals surface area contributed by atoms with E-state index < -0.39 is 17.7 Å². The lowest BCUT2D eigenvalue weighted by Gasteiger charge is -2.25. The number of thiophene rings is 1. The van der Waals surface area contributed by atoms with Gasteiger partial charge < -0.3 is 14.7 Å². The second kappa shape index (κ2) is 9.11. The van der Waals surface area contributed by atoms with Crippen molar-refractivity contribution in [1.82, 2.24) is 4.90 Å². The highest BCUT2D eigenvalue weighted by Crippen LogP contribution is 2.43. The molecule has 5 nitrogen and oxygen atoms in total. The molecule has 0 radical (unpaired) electrons. The summed E-state index contributed by atoms with van der Waals surface area (Å²) < 4.78 is 5.47. The normalized spacial score (nSPS) is 17.9. The number of aryl methyl sites for hydroxylation is 1. The minimum Gasteiger partial charge on any atom is -0.507 e. The number of methoxy groups -OCH3 is 1. The monoisotopic (exact) mass is 475 g/mol. The van der Waals surface area contributed by atoms with E-state index in [0.29, 0.717) is 11.3 Å². The first kappa shape index (κ1) is 23.8. The lowest BCUT2D eigenvalue weighted by molar-refractivity contribution is -0.140. The largest absolute Gasteiger partial charge is 0.507 e. The van der Waals surface area contributed by atoms with E-state index in [1.807, 2.05) is 66.9 Å². The van der Waals surface area contributed by atoms with Crippen molar-refractivity contribution >= 4 is 28.8 Å². The maximum absolute atomic E-state index is 13.3. The van der Waals surface area contributed by atoms with Crippen LogP contribution >= 0.6 is 11.3 Å². The average molecular weight is 476 g/mol. The van der Waals surface area contributed by atoms with Crippen molar-refractivity contribution < 1.29 is 19.4 Å². The molecule has 0 bridgehead atoms. The third kappa shape index (κ3) is 4.26. The zero-order chi connectivity index (χ0) is 24.6. The molecule has 1 aliphatic rings. The third-order valence-electron chi connectivity index (χ3n) is 6.24. The summed E-state index contributed by atoms with van der Waals surface area (Å²) in [5.74, 6) is -0.798. The number of amides is 1. The van der Waals surface area contributed by atoms with Crippen molar-refractivity contribution in [2.45, 2.75) is 45.7 Å². The standard InChI is InChI=1S/C28H29NO4S/c1-17-12-13-19(28(2,3)4)15-20(17)25(30)23-24(22-11-8-14-34-22)29(27(32)26(23)31)16-18-9-6-7-10-21(18)33-5/h6-15,24,30H,16H2,1-5H3/b25-23+. The van der Waals surface area contributed by atoms with Crippen LogP contribution < -0.4 is 4.74 Å². The molecule has 1 atom stereocenters. The molecule has 2 heterocycles. The van der Waals surface area contributed by atoms with E-state index in [2.05, 4.69) is 20.8 Å². The Morgan fingerprint density at radius 2 is 1.82 bits per heavy atom. The van der Waals surface area contributed by atoms with Gasteiger partial charge in [-0.2, -0.15) is 0 Å². The van der Waals surface area contributed by atoms with Crippen molar-refractivity contribution in [3.8, 4) is 5.75 Å². The van der Waals surface area contributed by atoms with Gasteiger partial charge in [-0.3, -0.25) is 9.59 Å². The van der Waals surface area contributed by atoms with Crippen molar-refractivity contribution in [3.63, 3.8) is 0 Å². The van der Waals surface area contributed by atoms with Crippen molar-refractivity contribution in [2.75, 3.05) is 7.11 Å². The van der Waals surface area contributed by atoms with E-state index in [9.17, 15) is 14.7 Å². The van der Waals surface area contributed by atoms with Crippen molar-refractivity contribution in [2.24, 2.45) is 0 Å². The zero-order valence-electron chi connectivity index (χ0n) is 20.1. The summed E-state index contributed by atoms with van der Waals surface area (Å²) in [6.07, 6.45) is 0. The molecule has 1 N–H and O–H groups in total. The van der Waals surface area contributed by atoms with E-state index in [-0.39, 0.29) is 23.3 Å². The molecule has 1 aliphatic heterocycles. The smallest absolute Gasteiger partial charge is 0.295 e. The number of nitrogens with zero attached hydrogens (tertiary/aromatic N) is 1. The van der Waals surface area contributed by atoms with E-state index in [0.717, 1.165) is 21.6 Å². The fraction of sp³-hybridized carbons (Fsp3) is 0.286. The summed E-state index contributed by atoms with van der Waals surface area (Å²) in [6.45, 7) is 8.37. The Morgan fingerprint density at radius 3 is 2.47 bits per heavy atom. The number of benzene rings is 2. The second-order valence-corrected chi connectivity index (χ2v) is 10.5. The van der Waals surface area contributed by atoms with Crippen LogP contribution in [0.1, 0.15) is 53.9 Å². The minimum atomic E-state index is -0.678. The van der Waals surface area contributed by atoms with Gasteiger partial charge in [0.25, 0.3) is 11.7 Å². The number of ketones is 1. The van der Waals surface area contributed by atoms with E-state index in [1.165, 1.54) is 16.2 Å². The predicted molar refractivity (Wildman–Crippen MR) is 135 cm³/mol. The molecule has 1 aromatic heterocycles. The van der Waals surface area contributed by atoms with Gasteiger partial charge in [0, 0.05) is 16.0 Å². The molecule has 4 rings (SSSR count). The van der Waals surface area contributed by atoms with Crippen LogP contribution in [0.15, 0.2) is 65.6 Å². The van der Waals surface area contributed by atoms with E-state index >= 15 is 0 Å². The summed E-state index contributed by atoms with van der Waals surface area (Å²) in [5.41, 5.74) is 3.23. The van der Waals surface area contributed by atoms with E-state index in [1.54, 1.807) is 7.11 Å². The molecule has 3 aromatic rings. The van der Waals surface area contributed by atoms with E-state index in [4.69, 9.17) is 4.74 Å². The summed E-state index contributed by atoms with van der Waals surface area (Å²) in [6, 6.07) is 16.4. The number of hydrogen-bond acceptors (Lipinski definition) is 5. The lowest BCUT2D eigenvalue weighted by atomic mass is 9.84. The molecule has 1 fully saturated rings. The number of Topliss-reactive ketones (excluding diaryl/α,β-unsaturated/α-hetero) is 1. The number of carbonyl (C=O) groups excluding carboxylic acids is 2. The van der Waals surface area contributed by atoms with Crippen LogP contribution in [0.4, 0.5) is 0 Å². The second-order valence-electron chi connectivity index (χ2n) is 9.53. The van der Waals surface area contributed by atoms with Crippen LogP contribution in [0.2, 0.25) is 0 Å². The Morgan fingerprint density at radius 1 is 1.09 bits per heavy atom. The molecule has 1 amide bonds. The number of ether oxygens (including phenoxy) is 1. The third-order valence-corrected chi connectivity index (χ3v) is 7.17. The average Bonchev–Trinajstić information content (AvgIpc) is 3.41. The first-order chi connectivity index (χ1) is 16.1. The molecule has 1 saturated heterocycles. The van der Waals surface area contributed by atoms with Gasteiger partial charge in [-0.25, -0.2) is 0 Å². The summed E-state index contributed by atoms with van der Waals surface area (Å²) in [7, 11) is 1.58. The minimum absolute atomic E-state index is 0.122. The number of aliphatic hydroxyl groups excluding tert-OH is 1. The summed E-state index contributed by atoms with van der Waals surface area (Å²) in [4.78, 5) is 29.0. The molecule has 2 aromatic carbocycles. The fourth-order valence-corrected chi connectivity index (χ4v) is 5.14. The summed E-state index contributed by atoms with van der Waals surface area (Å²) >= 11 is 1.45. The molecule has 34 heavy (non-hydrogen) atoms. The Labute approximate surface area is 204 Å². The molecule has 6 heteroatoms. The quantitative estimate of drug-likeness (QED) is 0.280. The molecule has 1 unspecified atom stereocenters. The predicted octanol–water partition coefficient (Wildman–Crippen LogP) is 5.98. The van der Waals surface area contributed by atoms with Gasteiger partial charge in [0.05, 0.1) is 25.3 Å². The summed E-state index contributed by atoms with van der Waals surface area (Å²) in [5, 5.41) is 13.4. The Hall–Kier alpha value is -3.38. The highest BCUT2D eigenvalue weighted by atomic mass is 32.1. The highest BCUT2D eigenvalue weighted by molar-refractivity contribution is 7.10. The van der Waals surface area contributed by atoms with Crippen molar-refractivity contribution in [3.05, 3.63) is 92.7 Å². The maximum atomic E-state index is 13.3. The molecule has 176 valence electrons. The number of para-hydroxylation sites is 1. The Balaban J connectivity index is 1.88. The number of hydrogen-bond donors (Lipinski definition) is 1. The number of rotatable bonds is 5. The van der Waals surface area contributed by atoms with Gasteiger partial charge in [-0.1, -0.05) is 57.2 Å². The maximum Gasteiger partial charge on any atom is 0.295 e. The molecule has 0 saturated carbocycles. The number of carbonyl (C=O) groups is 2. The van der Waals surface area contributed by atoms with Crippen LogP contribution in [0, 0.1) is 6.92 Å². The molecular weight excluding hydrogens is 446 g/mol. The Bertz CT molecular complexity index is 1270. The van der Waals surface area contributed by atoms with Gasteiger partial charge in [-0.15, -0.1) is 11.3 Å². The van der Waals surface area contributed by atoms with Gasteiger partial charge in [0.1, 0.15) is 11.5 Å². The molecule has 0 spiro atoms. The van der Waals surface area contributed by atoms with Crippen LogP contribution in [0.3, 0.4) is 0 Å². The van der Waals surface area contributed by atoms with Crippen molar-refractivity contribution in [1.29, 1.82) is 0 Å². The van der Waals surface area contributed by atoms with Gasteiger partial charge >= 0.3 is 0 Å². The topological polar surface area (TPSA) is 66.8 Å². The number of likely N-dealkylation sites (tertiary alicyclic amines) is 1. The van der Waals surface area contributed by atoms with Gasteiger partial charge in [0.2, 0.25) is 0 Å². The first-order valence-corrected chi connectivity index (χ1v) is 12.1. The Kier molecular flexibility index (Phi) is 6.36. The van der Waals surface area contributed by atoms with Crippen LogP contribution in [0.25, 0.3) is 5.76 Å². The highest BCUT2D eigenvalue weighted by Gasteiger charge is 2.46. The lowest BCUT2D eigenvalue weighted by Crippen LogP contribution is -2.29.